The number of para-hydroxylation sites is 1. The molecule has 5 heteroatoms. The molecule has 0 unspecified atom stereocenters. The van der Waals surface area contributed by atoms with Crippen LogP contribution in [0.3, 0.4) is 0 Å². The lowest BCUT2D eigenvalue weighted by atomic mass is 10.1. The monoisotopic (exact) mass is 274 g/mol. The van der Waals surface area contributed by atoms with Crippen molar-refractivity contribution in [1.29, 1.82) is 5.41 Å². The fraction of sp³-hybridized carbons (Fsp3) is 0.133. The molecular weight excluding hydrogens is 259 g/mol. The maximum Gasteiger partial charge on any atom is 0.165 e. The van der Waals surface area contributed by atoms with E-state index in [2.05, 4.69) is 0 Å². The van der Waals surface area contributed by atoms with Gasteiger partial charge in [-0.3, -0.25) is 5.41 Å². The van der Waals surface area contributed by atoms with E-state index >= 15 is 0 Å². The first-order chi connectivity index (χ1) is 9.61. The molecule has 2 aromatic carbocycles. The summed E-state index contributed by atoms with van der Waals surface area (Å²) in [5.74, 6) is 0.220. The van der Waals surface area contributed by atoms with E-state index < -0.39 is 5.82 Å². The Hall–Kier alpha value is -2.56. The molecule has 4 nitrogen and oxygen atoms in total. The van der Waals surface area contributed by atoms with Crippen LogP contribution in [0.15, 0.2) is 42.5 Å². The lowest BCUT2D eigenvalue weighted by Crippen LogP contribution is -2.12. The van der Waals surface area contributed by atoms with Gasteiger partial charge in [0.2, 0.25) is 0 Å². The second-order valence-electron chi connectivity index (χ2n) is 4.17. The van der Waals surface area contributed by atoms with Crippen LogP contribution in [0.1, 0.15) is 11.1 Å². The predicted molar refractivity (Wildman–Crippen MR) is 74.7 cm³/mol. The third-order valence-corrected chi connectivity index (χ3v) is 2.79. The average molecular weight is 274 g/mol. The summed E-state index contributed by atoms with van der Waals surface area (Å²) in [6.07, 6.45) is 0. The summed E-state index contributed by atoms with van der Waals surface area (Å²) in [5, 5.41) is 7.43. The van der Waals surface area contributed by atoms with Crippen molar-refractivity contribution in [3.63, 3.8) is 0 Å². The Morgan fingerprint density at radius 3 is 2.60 bits per heavy atom. The Morgan fingerprint density at radius 1 is 1.20 bits per heavy atom. The van der Waals surface area contributed by atoms with Gasteiger partial charge in [-0.25, -0.2) is 4.39 Å². The number of nitrogens with two attached hydrogens (primary N) is 1. The number of ether oxygens (including phenoxy) is 2. The molecule has 0 heterocycles. The standard InChI is InChI=1S/C15H15FN2O2/c1-19-14-8-10(6-7-11(14)15(17)18)9-20-13-5-3-2-4-12(13)16/h2-8H,9H2,1H3,(H3,17,18). The van der Waals surface area contributed by atoms with Crippen LogP contribution in [0.2, 0.25) is 0 Å². The van der Waals surface area contributed by atoms with Crippen molar-refractivity contribution in [3.8, 4) is 11.5 Å². The first-order valence-corrected chi connectivity index (χ1v) is 6.00. The summed E-state index contributed by atoms with van der Waals surface area (Å²) in [7, 11) is 1.50. The largest absolute Gasteiger partial charge is 0.496 e. The van der Waals surface area contributed by atoms with Gasteiger partial charge < -0.3 is 15.2 Å². The Kier molecular flexibility index (Phi) is 4.20. The van der Waals surface area contributed by atoms with E-state index in [0.717, 1.165) is 5.56 Å². The minimum atomic E-state index is -0.403. The highest BCUT2D eigenvalue weighted by Crippen LogP contribution is 2.22. The number of nitrogen functional groups attached to an aromatic ring is 1. The molecule has 0 atom stereocenters. The number of amidine groups is 1. The van der Waals surface area contributed by atoms with E-state index in [9.17, 15) is 4.39 Å². The first-order valence-electron chi connectivity index (χ1n) is 6.00. The molecule has 0 amide bonds. The van der Waals surface area contributed by atoms with Crippen LogP contribution in [0, 0.1) is 11.2 Å². The Bertz CT molecular complexity index is 629. The Morgan fingerprint density at radius 2 is 1.95 bits per heavy atom. The molecule has 2 aromatic rings. The molecule has 0 aliphatic rings. The highest BCUT2D eigenvalue weighted by molar-refractivity contribution is 5.97. The fourth-order valence-corrected chi connectivity index (χ4v) is 1.77. The van der Waals surface area contributed by atoms with Gasteiger partial charge in [-0.05, 0) is 29.8 Å². The molecule has 0 aliphatic heterocycles. The van der Waals surface area contributed by atoms with Crippen LogP contribution in [0.5, 0.6) is 11.5 Å². The SMILES string of the molecule is COc1cc(COc2ccccc2F)ccc1C(=N)N. The minimum absolute atomic E-state index is 0.0663. The first kappa shape index (κ1) is 13.9. The molecule has 20 heavy (non-hydrogen) atoms. The quantitative estimate of drug-likeness (QED) is 0.650. The van der Waals surface area contributed by atoms with Gasteiger partial charge in [-0.15, -0.1) is 0 Å². The molecule has 3 N–H and O–H groups in total. The van der Waals surface area contributed by atoms with E-state index in [1.807, 2.05) is 0 Å². The molecule has 0 radical (unpaired) electrons. The van der Waals surface area contributed by atoms with Gasteiger partial charge in [0.1, 0.15) is 18.2 Å². The van der Waals surface area contributed by atoms with Crippen molar-refractivity contribution in [2.45, 2.75) is 6.61 Å². The third kappa shape index (κ3) is 3.06. The van der Waals surface area contributed by atoms with Crippen LogP contribution < -0.4 is 15.2 Å². The predicted octanol–water partition coefficient (Wildman–Crippen LogP) is 2.70. The summed E-state index contributed by atoms with van der Waals surface area (Å²) in [6.45, 7) is 0.204. The van der Waals surface area contributed by atoms with Crippen LogP contribution in [0.25, 0.3) is 0 Å². The Balaban J connectivity index is 2.15. The lowest BCUT2D eigenvalue weighted by Gasteiger charge is -2.11. The van der Waals surface area contributed by atoms with Gasteiger partial charge in [-0.1, -0.05) is 18.2 Å². The maximum absolute atomic E-state index is 13.4. The van der Waals surface area contributed by atoms with Crippen LogP contribution in [-0.4, -0.2) is 12.9 Å². The van der Waals surface area contributed by atoms with E-state index in [4.69, 9.17) is 20.6 Å². The molecule has 0 aromatic heterocycles. The second-order valence-corrected chi connectivity index (χ2v) is 4.17. The van der Waals surface area contributed by atoms with E-state index in [0.29, 0.717) is 11.3 Å². The summed E-state index contributed by atoms with van der Waals surface area (Å²) in [5.41, 5.74) is 6.76. The van der Waals surface area contributed by atoms with Gasteiger partial charge in [0.15, 0.2) is 11.6 Å². The van der Waals surface area contributed by atoms with Crippen molar-refractivity contribution < 1.29 is 13.9 Å². The van der Waals surface area contributed by atoms with Crippen LogP contribution >= 0.6 is 0 Å². The summed E-state index contributed by atoms with van der Waals surface area (Å²) in [6, 6.07) is 11.4. The zero-order valence-electron chi connectivity index (χ0n) is 11.0. The second kappa shape index (κ2) is 6.06. The molecule has 0 aliphatic carbocycles. The molecule has 0 saturated carbocycles. The number of benzene rings is 2. The average Bonchev–Trinajstić information content (AvgIpc) is 2.46. The van der Waals surface area contributed by atoms with Crippen LogP contribution in [-0.2, 0) is 6.61 Å². The summed E-state index contributed by atoms with van der Waals surface area (Å²) < 4.78 is 24.0. The van der Waals surface area contributed by atoms with Gasteiger partial charge >= 0.3 is 0 Å². The van der Waals surface area contributed by atoms with Crippen molar-refractivity contribution in [3.05, 3.63) is 59.4 Å². The molecule has 0 bridgehead atoms. The summed E-state index contributed by atoms with van der Waals surface area (Å²) in [4.78, 5) is 0. The maximum atomic E-state index is 13.4. The van der Waals surface area contributed by atoms with Gasteiger partial charge in [0, 0.05) is 0 Å². The van der Waals surface area contributed by atoms with Crippen molar-refractivity contribution in [1.82, 2.24) is 0 Å². The van der Waals surface area contributed by atoms with E-state index in [1.165, 1.54) is 13.2 Å². The molecule has 104 valence electrons. The van der Waals surface area contributed by atoms with Crippen molar-refractivity contribution in [2.24, 2.45) is 5.73 Å². The Labute approximate surface area is 116 Å². The van der Waals surface area contributed by atoms with Gasteiger partial charge in [-0.2, -0.15) is 0 Å². The highest BCUT2D eigenvalue weighted by Gasteiger charge is 2.08. The van der Waals surface area contributed by atoms with Crippen molar-refractivity contribution in [2.75, 3.05) is 7.11 Å². The lowest BCUT2D eigenvalue weighted by molar-refractivity contribution is 0.289. The molecule has 2 rings (SSSR count). The molecular formula is C15H15FN2O2. The number of methoxy groups -OCH3 is 1. The van der Waals surface area contributed by atoms with E-state index in [1.54, 1.807) is 36.4 Å². The number of hydrogen-bond donors (Lipinski definition) is 2. The summed E-state index contributed by atoms with van der Waals surface area (Å²) >= 11 is 0. The number of nitrogens with one attached hydrogen (secondary N) is 1. The number of rotatable bonds is 5. The zero-order chi connectivity index (χ0) is 14.5. The number of hydrogen-bond acceptors (Lipinski definition) is 3. The van der Waals surface area contributed by atoms with Gasteiger partial charge in [0.05, 0.1) is 12.7 Å². The van der Waals surface area contributed by atoms with E-state index in [-0.39, 0.29) is 18.2 Å². The molecule has 0 saturated heterocycles. The highest BCUT2D eigenvalue weighted by atomic mass is 19.1. The topological polar surface area (TPSA) is 68.3 Å². The van der Waals surface area contributed by atoms with Crippen molar-refractivity contribution >= 4 is 5.84 Å². The smallest absolute Gasteiger partial charge is 0.165 e. The minimum Gasteiger partial charge on any atom is -0.496 e. The zero-order valence-corrected chi connectivity index (χ0v) is 11.0. The molecule has 0 fully saturated rings. The normalized spacial score (nSPS) is 10.1. The fourth-order valence-electron chi connectivity index (χ4n) is 1.77. The van der Waals surface area contributed by atoms with Crippen LogP contribution in [0.4, 0.5) is 4.39 Å². The number of halogens is 1. The molecule has 0 spiro atoms. The van der Waals surface area contributed by atoms with Gasteiger partial charge in [0.25, 0.3) is 0 Å². The third-order valence-electron chi connectivity index (χ3n) is 2.79.